The second-order valence-corrected chi connectivity index (χ2v) is 6.90. The van der Waals surface area contributed by atoms with Gasteiger partial charge < -0.3 is 10.0 Å². The summed E-state index contributed by atoms with van der Waals surface area (Å²) in [5.41, 5.74) is 2.88. The van der Waals surface area contributed by atoms with Crippen LogP contribution in [-0.4, -0.2) is 35.6 Å². The number of hydrogen-bond acceptors (Lipinski definition) is 6. The molecule has 0 aliphatic rings. The van der Waals surface area contributed by atoms with Gasteiger partial charge in [0.1, 0.15) is 11.4 Å². The molecule has 0 unspecified atom stereocenters. The van der Waals surface area contributed by atoms with Crippen molar-refractivity contribution < 1.29 is 10.0 Å². The molecule has 3 rings (SSSR count). The Morgan fingerprint density at radius 2 is 1.66 bits per heavy atom. The minimum atomic E-state index is -0.478. The topological polar surface area (TPSA) is 91.3 Å². The zero-order chi connectivity index (χ0) is 20.8. The Labute approximate surface area is 169 Å². The second kappa shape index (κ2) is 9.07. The fourth-order valence-corrected chi connectivity index (χ4v) is 2.83. The Balaban J connectivity index is 1.90. The first-order valence-electron chi connectivity index (χ1n) is 9.16. The molecule has 29 heavy (non-hydrogen) atoms. The largest absolute Gasteiger partial charge is 0.506 e. The third-order valence-electron chi connectivity index (χ3n) is 4.43. The average molecular weight is 390 g/mol. The third-order valence-corrected chi connectivity index (χ3v) is 4.43. The molecule has 0 radical (unpaired) electrons. The van der Waals surface area contributed by atoms with Crippen LogP contribution in [0, 0.1) is 10.1 Å². The van der Waals surface area contributed by atoms with Gasteiger partial charge in [0, 0.05) is 12.6 Å². The number of azo groups is 1. The van der Waals surface area contributed by atoms with Gasteiger partial charge in [0.05, 0.1) is 4.92 Å². The van der Waals surface area contributed by atoms with E-state index in [0.29, 0.717) is 0 Å². The fraction of sp³-hybridized carbons (Fsp3) is 0.182. The Morgan fingerprint density at radius 3 is 2.34 bits per heavy atom. The van der Waals surface area contributed by atoms with Crippen LogP contribution in [0.2, 0.25) is 0 Å². The molecule has 0 spiro atoms. The smallest absolute Gasteiger partial charge is 0.297 e. The molecule has 3 aromatic rings. The highest BCUT2D eigenvalue weighted by molar-refractivity contribution is 5.71. The number of benzene rings is 3. The lowest BCUT2D eigenvalue weighted by Gasteiger charge is -2.09. The molecular formula is C22H22N4O3. The van der Waals surface area contributed by atoms with Crippen LogP contribution in [0.1, 0.15) is 5.56 Å². The monoisotopic (exact) mass is 390 g/mol. The Morgan fingerprint density at radius 1 is 0.931 bits per heavy atom. The Hall–Kier alpha value is -3.58. The van der Waals surface area contributed by atoms with Crippen LogP contribution in [-0.2, 0) is 6.42 Å². The fourth-order valence-electron chi connectivity index (χ4n) is 2.83. The van der Waals surface area contributed by atoms with Crippen LogP contribution in [0.25, 0.3) is 11.1 Å². The number of nitro groups is 1. The van der Waals surface area contributed by atoms with Crippen molar-refractivity contribution in [3.8, 4) is 16.9 Å². The van der Waals surface area contributed by atoms with Gasteiger partial charge in [-0.1, -0.05) is 42.5 Å². The maximum absolute atomic E-state index is 11.5. The van der Waals surface area contributed by atoms with E-state index in [0.717, 1.165) is 29.7 Å². The van der Waals surface area contributed by atoms with Gasteiger partial charge in [0.25, 0.3) is 5.69 Å². The van der Waals surface area contributed by atoms with E-state index < -0.39 is 4.92 Å². The molecule has 0 aliphatic heterocycles. The van der Waals surface area contributed by atoms with Crippen molar-refractivity contribution in [1.29, 1.82) is 0 Å². The van der Waals surface area contributed by atoms with Crippen molar-refractivity contribution in [2.45, 2.75) is 6.42 Å². The number of rotatable bonds is 7. The van der Waals surface area contributed by atoms with Crippen molar-refractivity contribution in [1.82, 2.24) is 4.90 Å². The molecule has 0 saturated carbocycles. The minimum absolute atomic E-state index is 0.0223. The standard InChI is InChI=1S/C22H22N4O3/c1-25(2)13-12-16-8-11-22(27)20(14-16)24-23-19-10-9-18(15-21(19)26(28)29)17-6-4-3-5-7-17/h3-11,14-15,27H,12-13H2,1-2H3. The van der Waals surface area contributed by atoms with E-state index in [2.05, 4.69) is 15.1 Å². The first-order chi connectivity index (χ1) is 13.9. The Kier molecular flexibility index (Phi) is 6.31. The molecule has 1 N–H and O–H groups in total. The molecule has 0 aromatic heterocycles. The van der Waals surface area contributed by atoms with E-state index in [4.69, 9.17) is 0 Å². The molecule has 0 saturated heterocycles. The first kappa shape index (κ1) is 20.2. The molecule has 0 heterocycles. The summed E-state index contributed by atoms with van der Waals surface area (Å²) in [6.45, 7) is 0.855. The Bertz CT molecular complexity index is 1030. The number of phenolic OH excluding ortho intramolecular Hbond substituents is 1. The second-order valence-electron chi connectivity index (χ2n) is 6.90. The molecule has 0 aliphatic carbocycles. The van der Waals surface area contributed by atoms with E-state index >= 15 is 0 Å². The highest BCUT2D eigenvalue weighted by atomic mass is 16.6. The average Bonchev–Trinajstić information content (AvgIpc) is 2.72. The van der Waals surface area contributed by atoms with Gasteiger partial charge in [0.15, 0.2) is 5.69 Å². The molecule has 148 valence electrons. The van der Waals surface area contributed by atoms with Crippen LogP contribution in [0.5, 0.6) is 5.75 Å². The maximum atomic E-state index is 11.5. The normalized spacial score (nSPS) is 11.3. The SMILES string of the molecule is CN(C)CCc1ccc(O)c(N=Nc2ccc(-c3ccccc3)cc2[N+](=O)[O-])c1. The van der Waals surface area contributed by atoms with Gasteiger partial charge >= 0.3 is 0 Å². The van der Waals surface area contributed by atoms with Gasteiger partial charge in [-0.15, -0.1) is 10.2 Å². The predicted molar refractivity (Wildman–Crippen MR) is 113 cm³/mol. The number of nitrogens with zero attached hydrogens (tertiary/aromatic N) is 4. The molecular weight excluding hydrogens is 368 g/mol. The lowest BCUT2D eigenvalue weighted by molar-refractivity contribution is -0.384. The van der Waals surface area contributed by atoms with Crippen LogP contribution in [0.3, 0.4) is 0 Å². The number of likely N-dealkylation sites (N-methyl/N-ethyl adjacent to an activating group) is 1. The lowest BCUT2D eigenvalue weighted by Crippen LogP contribution is -2.14. The number of nitro benzene ring substituents is 1. The molecule has 0 fully saturated rings. The number of phenols is 1. The zero-order valence-corrected chi connectivity index (χ0v) is 16.3. The summed E-state index contributed by atoms with van der Waals surface area (Å²) in [5, 5.41) is 29.7. The van der Waals surface area contributed by atoms with E-state index in [-0.39, 0.29) is 22.8 Å². The van der Waals surface area contributed by atoms with Crippen LogP contribution in [0.15, 0.2) is 77.0 Å². The lowest BCUT2D eigenvalue weighted by atomic mass is 10.0. The van der Waals surface area contributed by atoms with E-state index in [9.17, 15) is 15.2 Å². The molecule has 3 aromatic carbocycles. The number of hydrogen-bond donors (Lipinski definition) is 1. The van der Waals surface area contributed by atoms with Gasteiger partial charge in [-0.3, -0.25) is 10.1 Å². The highest BCUT2D eigenvalue weighted by Gasteiger charge is 2.15. The summed E-state index contributed by atoms with van der Waals surface area (Å²) in [6.07, 6.45) is 0.793. The molecule has 0 bridgehead atoms. The van der Waals surface area contributed by atoms with E-state index in [1.807, 2.05) is 50.5 Å². The zero-order valence-electron chi connectivity index (χ0n) is 16.3. The molecule has 7 nitrogen and oxygen atoms in total. The van der Waals surface area contributed by atoms with Gasteiger partial charge in [-0.25, -0.2) is 0 Å². The summed E-state index contributed by atoms with van der Waals surface area (Å²) < 4.78 is 0. The van der Waals surface area contributed by atoms with Gasteiger partial charge in [0.2, 0.25) is 0 Å². The minimum Gasteiger partial charge on any atom is -0.506 e. The van der Waals surface area contributed by atoms with Crippen molar-refractivity contribution in [3.63, 3.8) is 0 Å². The van der Waals surface area contributed by atoms with Crippen molar-refractivity contribution in [2.24, 2.45) is 10.2 Å². The van der Waals surface area contributed by atoms with Gasteiger partial charge in [-0.2, -0.15) is 0 Å². The third kappa shape index (κ3) is 5.24. The highest BCUT2D eigenvalue weighted by Crippen LogP contribution is 2.35. The number of aromatic hydroxyl groups is 1. The van der Waals surface area contributed by atoms with E-state index in [1.165, 1.54) is 6.07 Å². The van der Waals surface area contributed by atoms with E-state index in [1.54, 1.807) is 24.3 Å². The van der Waals surface area contributed by atoms with Crippen LogP contribution >= 0.6 is 0 Å². The summed E-state index contributed by atoms with van der Waals surface area (Å²) in [7, 11) is 3.97. The summed E-state index contributed by atoms with van der Waals surface area (Å²) in [6, 6.07) is 19.4. The quantitative estimate of drug-likeness (QED) is 0.328. The molecule has 0 atom stereocenters. The molecule has 7 heteroatoms. The van der Waals surface area contributed by atoms with Crippen molar-refractivity contribution in [2.75, 3.05) is 20.6 Å². The summed E-state index contributed by atoms with van der Waals surface area (Å²) >= 11 is 0. The maximum Gasteiger partial charge on any atom is 0.297 e. The van der Waals surface area contributed by atoms with Crippen molar-refractivity contribution >= 4 is 17.1 Å². The molecule has 0 amide bonds. The first-order valence-corrected chi connectivity index (χ1v) is 9.16. The van der Waals surface area contributed by atoms with Crippen molar-refractivity contribution in [3.05, 3.63) is 82.4 Å². The summed E-state index contributed by atoms with van der Waals surface area (Å²) in [5.74, 6) is -0.0223. The van der Waals surface area contributed by atoms with Gasteiger partial charge in [-0.05, 0) is 55.4 Å². The summed E-state index contributed by atoms with van der Waals surface area (Å²) in [4.78, 5) is 13.1. The van der Waals surface area contributed by atoms with Crippen LogP contribution < -0.4 is 0 Å². The van der Waals surface area contributed by atoms with Crippen LogP contribution in [0.4, 0.5) is 17.1 Å². The predicted octanol–water partition coefficient (Wildman–Crippen LogP) is 5.49.